The maximum atomic E-state index is 13.6. The van der Waals surface area contributed by atoms with Crippen LogP contribution >= 0.6 is 0 Å². The number of methoxy groups -OCH3 is 1. The number of carbonyl (C=O) groups excluding carboxylic acids is 4. The van der Waals surface area contributed by atoms with Crippen LogP contribution < -0.4 is 20.1 Å². The first-order valence-corrected chi connectivity index (χ1v) is 15.7. The van der Waals surface area contributed by atoms with Crippen molar-refractivity contribution in [3.05, 3.63) is 47.9 Å². The van der Waals surface area contributed by atoms with Crippen LogP contribution in [0.5, 0.6) is 11.5 Å². The Kier molecular flexibility index (Phi) is 11.9. The zero-order chi connectivity index (χ0) is 33.1. The fourth-order valence-corrected chi connectivity index (χ4v) is 5.38. The van der Waals surface area contributed by atoms with Crippen LogP contribution in [0.1, 0.15) is 62.6 Å². The monoisotopic (exact) mass is 637 g/mol. The van der Waals surface area contributed by atoms with Gasteiger partial charge >= 0.3 is 5.97 Å². The second-order valence-corrected chi connectivity index (χ2v) is 11.8. The molecule has 0 spiro atoms. The van der Waals surface area contributed by atoms with Crippen molar-refractivity contribution in [3.63, 3.8) is 0 Å². The standard InChI is InChI=1S/C33H43N5O8/c1-5-44-32(42)33(13-12-22(2)3)19-23-10-11-25(26(18-23)43-4)45-20-28(40)34-15-17-38(16-7-9-27(39)36-21-33)31(41)29-24-8-6-14-35-30(24)37-46-29/h6,8,10-11,14,18,22H,5,7,9,12-13,15-17,19-21H2,1-4H3,(H,34,40)(H,36,39). The summed E-state index contributed by atoms with van der Waals surface area (Å²) >= 11 is 0. The predicted octanol–water partition coefficient (Wildman–Crippen LogP) is 3.31. The summed E-state index contributed by atoms with van der Waals surface area (Å²) < 4.78 is 22.2. The average molecular weight is 638 g/mol. The number of aromatic nitrogens is 2. The van der Waals surface area contributed by atoms with Crippen LogP contribution in [-0.2, 0) is 25.5 Å². The molecule has 2 bridgehead atoms. The van der Waals surface area contributed by atoms with E-state index in [9.17, 15) is 19.2 Å². The SMILES string of the molecule is CCOC(=O)C1(CCC(C)C)CNC(=O)CCCN(C(=O)c2onc3ncccc23)CCNC(=O)COc2ccc(cc2OC)C1. The summed E-state index contributed by atoms with van der Waals surface area (Å²) in [6.45, 7) is 6.42. The second-order valence-electron chi connectivity index (χ2n) is 11.8. The highest BCUT2D eigenvalue weighted by Gasteiger charge is 2.40. The molecule has 2 N–H and O–H groups in total. The molecule has 2 aromatic heterocycles. The number of fused-ring (bicyclic) bond motifs is 17. The molecule has 3 aromatic rings. The molecular formula is C33H43N5O8. The highest BCUT2D eigenvalue weighted by Crippen LogP contribution is 2.35. The van der Waals surface area contributed by atoms with Gasteiger partial charge in [0.1, 0.15) is 0 Å². The largest absolute Gasteiger partial charge is 0.493 e. The third kappa shape index (κ3) is 8.73. The van der Waals surface area contributed by atoms with Crippen molar-refractivity contribution >= 4 is 34.7 Å². The lowest BCUT2D eigenvalue weighted by atomic mass is 9.76. The van der Waals surface area contributed by atoms with Gasteiger partial charge in [0.05, 0.1) is 24.5 Å². The summed E-state index contributed by atoms with van der Waals surface area (Å²) in [5.74, 6) is -0.363. The van der Waals surface area contributed by atoms with Crippen molar-refractivity contribution in [2.45, 2.75) is 52.9 Å². The zero-order valence-electron chi connectivity index (χ0n) is 26.9. The predicted molar refractivity (Wildman–Crippen MR) is 168 cm³/mol. The van der Waals surface area contributed by atoms with E-state index in [1.54, 1.807) is 37.4 Å². The maximum Gasteiger partial charge on any atom is 0.314 e. The molecule has 13 nitrogen and oxygen atoms in total. The minimum Gasteiger partial charge on any atom is -0.493 e. The molecule has 46 heavy (non-hydrogen) atoms. The molecule has 0 saturated heterocycles. The summed E-state index contributed by atoms with van der Waals surface area (Å²) in [7, 11) is 1.50. The van der Waals surface area contributed by atoms with Gasteiger partial charge < -0.3 is 34.3 Å². The van der Waals surface area contributed by atoms with Crippen molar-refractivity contribution in [2.24, 2.45) is 11.3 Å². The van der Waals surface area contributed by atoms with E-state index < -0.39 is 11.3 Å². The summed E-state index contributed by atoms with van der Waals surface area (Å²) in [5, 5.41) is 10.1. The Balaban J connectivity index is 1.61. The van der Waals surface area contributed by atoms with Gasteiger partial charge in [0.2, 0.25) is 17.3 Å². The van der Waals surface area contributed by atoms with Crippen LogP contribution in [0, 0.1) is 11.3 Å². The number of rotatable bonds is 7. The molecule has 13 heteroatoms. The smallest absolute Gasteiger partial charge is 0.314 e. The number of benzene rings is 1. The van der Waals surface area contributed by atoms with E-state index in [0.29, 0.717) is 41.3 Å². The highest BCUT2D eigenvalue weighted by molar-refractivity contribution is 6.02. The molecule has 2 aliphatic heterocycles. The van der Waals surface area contributed by atoms with Gasteiger partial charge in [-0.15, -0.1) is 0 Å². The first kappa shape index (κ1) is 34.2. The molecule has 5 rings (SSSR count). The molecule has 3 amide bonds. The van der Waals surface area contributed by atoms with Gasteiger partial charge in [0.15, 0.2) is 18.1 Å². The minimum atomic E-state index is -1.03. The van der Waals surface area contributed by atoms with Gasteiger partial charge in [0, 0.05) is 38.8 Å². The van der Waals surface area contributed by atoms with E-state index in [1.165, 1.54) is 12.0 Å². The van der Waals surface area contributed by atoms with E-state index in [1.807, 2.05) is 6.07 Å². The number of nitrogens with one attached hydrogen (secondary N) is 2. The van der Waals surface area contributed by atoms with Crippen molar-refractivity contribution in [2.75, 3.05) is 46.5 Å². The first-order chi connectivity index (χ1) is 22.2. The molecule has 0 fully saturated rings. The van der Waals surface area contributed by atoms with Crippen molar-refractivity contribution < 1.29 is 37.9 Å². The van der Waals surface area contributed by atoms with Crippen molar-refractivity contribution in [1.82, 2.24) is 25.7 Å². The Bertz CT molecular complexity index is 1520. The van der Waals surface area contributed by atoms with Crippen molar-refractivity contribution in [1.29, 1.82) is 0 Å². The molecule has 0 radical (unpaired) electrons. The Morgan fingerprint density at radius 3 is 2.72 bits per heavy atom. The number of amides is 3. The van der Waals surface area contributed by atoms with Crippen molar-refractivity contribution in [3.8, 4) is 11.5 Å². The summed E-state index contributed by atoms with van der Waals surface area (Å²) in [5.41, 5.74) is 0.0657. The Morgan fingerprint density at radius 2 is 1.96 bits per heavy atom. The molecule has 1 atom stereocenters. The van der Waals surface area contributed by atoms with Gasteiger partial charge in [0.25, 0.3) is 11.8 Å². The van der Waals surface area contributed by atoms with Gasteiger partial charge in [-0.2, -0.15) is 0 Å². The number of carbonyl (C=O) groups is 4. The van der Waals surface area contributed by atoms with Crippen LogP contribution in [0.2, 0.25) is 0 Å². The maximum absolute atomic E-state index is 13.6. The molecule has 248 valence electrons. The van der Waals surface area contributed by atoms with Gasteiger partial charge in [-0.05, 0) is 68.4 Å². The Hall–Kier alpha value is -4.68. The minimum absolute atomic E-state index is 0.0281. The lowest BCUT2D eigenvalue weighted by Crippen LogP contribution is -2.46. The lowest BCUT2D eigenvalue weighted by Gasteiger charge is -2.33. The van der Waals surface area contributed by atoms with Crippen LogP contribution in [0.25, 0.3) is 11.0 Å². The lowest BCUT2D eigenvalue weighted by molar-refractivity contribution is -0.156. The average Bonchev–Trinajstić information content (AvgIpc) is 3.48. The number of ether oxygens (including phenoxy) is 3. The fourth-order valence-electron chi connectivity index (χ4n) is 5.38. The third-order valence-electron chi connectivity index (χ3n) is 7.93. The molecular weight excluding hydrogens is 594 g/mol. The Morgan fingerprint density at radius 1 is 1.13 bits per heavy atom. The van der Waals surface area contributed by atoms with Crippen LogP contribution in [0.4, 0.5) is 0 Å². The summed E-state index contributed by atoms with van der Waals surface area (Å²) in [6, 6.07) is 8.67. The van der Waals surface area contributed by atoms with Crippen LogP contribution in [0.15, 0.2) is 41.1 Å². The molecule has 1 unspecified atom stereocenters. The summed E-state index contributed by atoms with van der Waals surface area (Å²) in [6.07, 6.45) is 3.51. The molecule has 0 aliphatic carbocycles. The van der Waals surface area contributed by atoms with E-state index in [2.05, 4.69) is 34.6 Å². The number of pyridine rings is 1. The number of esters is 1. The Labute approximate surface area is 268 Å². The van der Waals surface area contributed by atoms with Crippen LogP contribution in [0.3, 0.4) is 0 Å². The van der Waals surface area contributed by atoms with E-state index in [-0.39, 0.29) is 75.8 Å². The zero-order valence-corrected chi connectivity index (χ0v) is 26.9. The third-order valence-corrected chi connectivity index (χ3v) is 7.93. The summed E-state index contributed by atoms with van der Waals surface area (Å²) in [4.78, 5) is 58.6. The number of hydrogen-bond acceptors (Lipinski definition) is 10. The first-order valence-electron chi connectivity index (χ1n) is 15.7. The quantitative estimate of drug-likeness (QED) is 0.290. The topological polar surface area (TPSA) is 162 Å². The van der Waals surface area contributed by atoms with Gasteiger partial charge in [-0.1, -0.05) is 25.1 Å². The highest BCUT2D eigenvalue weighted by atomic mass is 16.5. The molecule has 4 heterocycles. The van der Waals surface area contributed by atoms with E-state index >= 15 is 0 Å². The fraction of sp³-hybridized carbons (Fsp3) is 0.515. The molecule has 0 saturated carbocycles. The van der Waals surface area contributed by atoms with E-state index in [0.717, 1.165) is 12.0 Å². The molecule has 2 aliphatic rings. The normalized spacial score (nSPS) is 18.6. The van der Waals surface area contributed by atoms with Crippen LogP contribution in [-0.4, -0.2) is 85.2 Å². The van der Waals surface area contributed by atoms with Gasteiger partial charge in [-0.3, -0.25) is 19.2 Å². The molecule has 1 aromatic carbocycles. The number of hydrogen-bond donors (Lipinski definition) is 2. The van der Waals surface area contributed by atoms with E-state index in [4.69, 9.17) is 18.7 Å². The second kappa shape index (κ2) is 16.1. The van der Waals surface area contributed by atoms with Gasteiger partial charge in [-0.25, -0.2) is 4.98 Å². The number of nitrogens with zero attached hydrogens (tertiary/aromatic N) is 3.